The van der Waals surface area contributed by atoms with E-state index in [0.29, 0.717) is 0 Å². The van der Waals surface area contributed by atoms with Crippen LogP contribution in [-0.4, -0.2) is 4.98 Å². The lowest BCUT2D eigenvalue weighted by atomic mass is 9.81. The van der Waals surface area contributed by atoms with Crippen LogP contribution in [0.3, 0.4) is 0 Å². The summed E-state index contributed by atoms with van der Waals surface area (Å²) in [6.07, 6.45) is 1.96. The average Bonchev–Trinajstić information content (AvgIpc) is 2.77. The van der Waals surface area contributed by atoms with E-state index in [2.05, 4.69) is 73.4 Å². The van der Waals surface area contributed by atoms with E-state index in [1.54, 1.807) is 0 Å². The van der Waals surface area contributed by atoms with Gasteiger partial charge < -0.3 is 0 Å². The number of aromatic nitrogens is 1. The molecule has 0 unspecified atom stereocenters. The van der Waals surface area contributed by atoms with E-state index in [4.69, 9.17) is 0 Å². The maximum atomic E-state index is 4.42. The molecule has 0 amide bonds. The van der Waals surface area contributed by atoms with Crippen molar-refractivity contribution in [1.29, 1.82) is 0 Å². The van der Waals surface area contributed by atoms with Crippen molar-refractivity contribution in [2.24, 2.45) is 0 Å². The Balaban J connectivity index is 1.90. The zero-order valence-electron chi connectivity index (χ0n) is 13.2. The third-order valence-corrected chi connectivity index (χ3v) is 4.83. The zero-order valence-corrected chi connectivity index (χ0v) is 13.2. The van der Waals surface area contributed by atoms with Gasteiger partial charge in [-0.1, -0.05) is 56.3 Å². The van der Waals surface area contributed by atoms with Gasteiger partial charge in [0, 0.05) is 22.9 Å². The van der Waals surface area contributed by atoms with Gasteiger partial charge in [-0.15, -0.1) is 0 Å². The molecule has 0 saturated heterocycles. The predicted molar refractivity (Wildman–Crippen MR) is 92.0 cm³/mol. The molecule has 1 nitrogen and oxygen atoms in total. The van der Waals surface area contributed by atoms with Crippen LogP contribution in [0.1, 0.15) is 30.7 Å². The van der Waals surface area contributed by atoms with Crippen molar-refractivity contribution >= 4 is 0 Å². The van der Waals surface area contributed by atoms with Crippen LogP contribution in [0.15, 0.2) is 60.8 Å². The SMILES string of the molecule is Cc1ccc(-c2ccc3c(c2)C(C)(C)c2ccccc2-3)cn1. The van der Waals surface area contributed by atoms with Crippen LogP contribution in [0.5, 0.6) is 0 Å². The normalized spacial score (nSPS) is 14.5. The molecule has 0 aliphatic heterocycles. The second-order valence-corrected chi connectivity index (χ2v) is 6.62. The summed E-state index contributed by atoms with van der Waals surface area (Å²) in [6.45, 7) is 6.65. The van der Waals surface area contributed by atoms with Crippen molar-refractivity contribution in [2.45, 2.75) is 26.2 Å². The number of benzene rings is 2. The molecule has 1 heterocycles. The van der Waals surface area contributed by atoms with Gasteiger partial charge in [0.1, 0.15) is 0 Å². The molecule has 0 radical (unpaired) electrons. The molecule has 22 heavy (non-hydrogen) atoms. The second-order valence-electron chi connectivity index (χ2n) is 6.62. The molecule has 0 bridgehead atoms. The molecule has 1 aliphatic carbocycles. The van der Waals surface area contributed by atoms with Crippen LogP contribution < -0.4 is 0 Å². The number of fused-ring (bicyclic) bond motifs is 3. The predicted octanol–water partition coefficient (Wildman–Crippen LogP) is 5.36. The molecule has 2 aromatic carbocycles. The van der Waals surface area contributed by atoms with Crippen LogP contribution in [-0.2, 0) is 5.41 Å². The van der Waals surface area contributed by atoms with Gasteiger partial charge in [-0.3, -0.25) is 4.98 Å². The Kier molecular flexibility index (Phi) is 2.74. The molecule has 0 saturated carbocycles. The van der Waals surface area contributed by atoms with E-state index in [1.165, 1.54) is 33.4 Å². The van der Waals surface area contributed by atoms with Crippen molar-refractivity contribution in [3.8, 4) is 22.3 Å². The first-order valence-corrected chi connectivity index (χ1v) is 7.75. The fraction of sp³-hybridized carbons (Fsp3) is 0.190. The van der Waals surface area contributed by atoms with Gasteiger partial charge in [0.05, 0.1) is 0 Å². The molecular weight excluding hydrogens is 266 g/mol. The van der Waals surface area contributed by atoms with Crippen molar-refractivity contribution in [3.05, 3.63) is 77.6 Å². The number of hydrogen-bond donors (Lipinski definition) is 0. The average molecular weight is 285 g/mol. The fourth-order valence-corrected chi connectivity index (χ4v) is 3.52. The molecule has 0 atom stereocenters. The smallest absolute Gasteiger partial charge is 0.0373 e. The number of hydrogen-bond acceptors (Lipinski definition) is 1. The monoisotopic (exact) mass is 285 g/mol. The van der Waals surface area contributed by atoms with Gasteiger partial charge in [0.15, 0.2) is 0 Å². The fourth-order valence-electron chi connectivity index (χ4n) is 3.52. The minimum atomic E-state index is 0.0556. The topological polar surface area (TPSA) is 12.9 Å². The van der Waals surface area contributed by atoms with Gasteiger partial charge >= 0.3 is 0 Å². The van der Waals surface area contributed by atoms with Crippen molar-refractivity contribution < 1.29 is 0 Å². The minimum absolute atomic E-state index is 0.0556. The van der Waals surface area contributed by atoms with Crippen LogP contribution in [0, 0.1) is 6.92 Å². The van der Waals surface area contributed by atoms with Gasteiger partial charge in [-0.25, -0.2) is 0 Å². The van der Waals surface area contributed by atoms with Crippen molar-refractivity contribution in [3.63, 3.8) is 0 Å². The lowest BCUT2D eigenvalue weighted by molar-refractivity contribution is 0.660. The Morgan fingerprint density at radius 3 is 2.27 bits per heavy atom. The van der Waals surface area contributed by atoms with Gasteiger partial charge in [-0.2, -0.15) is 0 Å². The standard InChI is InChI=1S/C21H19N/c1-14-8-9-16(13-22-14)15-10-11-18-17-6-4-5-7-19(17)21(2,3)20(18)12-15/h4-13H,1-3H3. The maximum Gasteiger partial charge on any atom is 0.0373 e. The van der Waals surface area contributed by atoms with E-state index in [9.17, 15) is 0 Å². The number of pyridine rings is 1. The molecule has 0 spiro atoms. The van der Waals surface area contributed by atoms with Crippen molar-refractivity contribution in [2.75, 3.05) is 0 Å². The van der Waals surface area contributed by atoms with E-state index >= 15 is 0 Å². The van der Waals surface area contributed by atoms with Gasteiger partial charge in [-0.05, 0) is 46.9 Å². The zero-order chi connectivity index (χ0) is 15.3. The third-order valence-electron chi connectivity index (χ3n) is 4.83. The summed E-state index contributed by atoms with van der Waals surface area (Å²) in [5, 5.41) is 0. The van der Waals surface area contributed by atoms with E-state index in [-0.39, 0.29) is 5.41 Å². The third kappa shape index (κ3) is 1.82. The lowest BCUT2D eigenvalue weighted by Crippen LogP contribution is -2.14. The molecule has 3 aromatic rings. The maximum absolute atomic E-state index is 4.42. The molecule has 0 fully saturated rings. The Bertz CT molecular complexity index is 857. The van der Waals surface area contributed by atoms with E-state index in [1.807, 2.05) is 13.1 Å². The summed E-state index contributed by atoms with van der Waals surface area (Å²) in [7, 11) is 0. The highest BCUT2D eigenvalue weighted by atomic mass is 14.7. The minimum Gasteiger partial charge on any atom is -0.261 e. The van der Waals surface area contributed by atoms with Crippen LogP contribution in [0.25, 0.3) is 22.3 Å². The molecule has 1 aliphatic rings. The molecule has 4 rings (SSSR count). The summed E-state index contributed by atoms with van der Waals surface area (Å²) >= 11 is 0. The highest BCUT2D eigenvalue weighted by Gasteiger charge is 2.35. The Morgan fingerprint density at radius 2 is 1.50 bits per heavy atom. The van der Waals surface area contributed by atoms with Gasteiger partial charge in [0.2, 0.25) is 0 Å². The van der Waals surface area contributed by atoms with Gasteiger partial charge in [0.25, 0.3) is 0 Å². The number of rotatable bonds is 1. The van der Waals surface area contributed by atoms with Crippen molar-refractivity contribution in [1.82, 2.24) is 4.98 Å². The summed E-state index contributed by atoms with van der Waals surface area (Å²) in [6, 6.07) is 19.8. The molecule has 1 aromatic heterocycles. The largest absolute Gasteiger partial charge is 0.261 e. The lowest BCUT2D eigenvalue weighted by Gasteiger charge is -2.22. The summed E-state index contributed by atoms with van der Waals surface area (Å²) in [5.74, 6) is 0. The van der Waals surface area contributed by atoms with E-state index in [0.717, 1.165) is 5.69 Å². The summed E-state index contributed by atoms with van der Waals surface area (Å²) < 4.78 is 0. The Labute approximate surface area is 131 Å². The summed E-state index contributed by atoms with van der Waals surface area (Å²) in [4.78, 5) is 4.42. The molecule has 108 valence electrons. The first-order valence-electron chi connectivity index (χ1n) is 7.75. The summed E-state index contributed by atoms with van der Waals surface area (Å²) in [5.41, 5.74) is 9.10. The number of aryl methyl sites for hydroxylation is 1. The quantitative estimate of drug-likeness (QED) is 0.586. The van der Waals surface area contributed by atoms with Crippen LogP contribution in [0.4, 0.5) is 0 Å². The van der Waals surface area contributed by atoms with E-state index < -0.39 is 0 Å². The first kappa shape index (κ1) is 13.3. The molecule has 0 N–H and O–H groups in total. The molecule has 1 heteroatoms. The second kappa shape index (κ2) is 4.54. The Hall–Kier alpha value is -2.41. The highest BCUT2D eigenvalue weighted by Crippen LogP contribution is 2.49. The van der Waals surface area contributed by atoms with Crippen LogP contribution >= 0.6 is 0 Å². The first-order chi connectivity index (χ1) is 10.6. The highest BCUT2D eigenvalue weighted by molar-refractivity contribution is 5.83. The molecular formula is C21H19N. The van der Waals surface area contributed by atoms with Crippen LogP contribution in [0.2, 0.25) is 0 Å². The Morgan fingerprint density at radius 1 is 0.773 bits per heavy atom. The number of nitrogens with zero attached hydrogens (tertiary/aromatic N) is 1.